The summed E-state index contributed by atoms with van der Waals surface area (Å²) in [7, 11) is 0. The molecule has 14 heavy (non-hydrogen) atoms. The van der Waals surface area contributed by atoms with E-state index in [1.165, 1.54) is 45.1 Å². The van der Waals surface area contributed by atoms with E-state index in [-0.39, 0.29) is 5.54 Å². The van der Waals surface area contributed by atoms with E-state index in [1.54, 1.807) is 0 Å². The minimum atomic E-state index is 0.240. The molecule has 1 atom stereocenters. The lowest BCUT2D eigenvalue weighted by Gasteiger charge is -2.32. The van der Waals surface area contributed by atoms with Crippen molar-refractivity contribution in [3.05, 3.63) is 0 Å². The predicted octanol–water partition coefficient (Wildman–Crippen LogP) is 1.89. The molecule has 2 aliphatic carbocycles. The number of nitrogens with two attached hydrogens (primary N) is 1. The highest BCUT2D eigenvalue weighted by Crippen LogP contribution is 2.39. The minimum absolute atomic E-state index is 0.240. The average Bonchev–Trinajstić information content (AvgIpc) is 2.92. The largest absolute Gasteiger partial charge is 0.329 e. The molecular formula is C12H24N2. The van der Waals surface area contributed by atoms with Gasteiger partial charge in [0.15, 0.2) is 0 Å². The van der Waals surface area contributed by atoms with Gasteiger partial charge in [0.1, 0.15) is 0 Å². The van der Waals surface area contributed by atoms with E-state index >= 15 is 0 Å². The first kappa shape index (κ1) is 10.4. The van der Waals surface area contributed by atoms with Crippen molar-refractivity contribution in [2.75, 3.05) is 13.1 Å². The summed E-state index contributed by atoms with van der Waals surface area (Å²) in [6.07, 6.45) is 8.51. The van der Waals surface area contributed by atoms with Gasteiger partial charge < -0.3 is 11.1 Å². The Balaban J connectivity index is 1.66. The zero-order valence-corrected chi connectivity index (χ0v) is 9.39. The fourth-order valence-electron chi connectivity index (χ4n) is 2.45. The second kappa shape index (κ2) is 4.19. The zero-order valence-electron chi connectivity index (χ0n) is 9.39. The lowest BCUT2D eigenvalue weighted by atomic mass is 9.83. The Morgan fingerprint density at radius 3 is 2.43 bits per heavy atom. The molecule has 2 fully saturated rings. The normalized spacial score (nSPS) is 27.0. The van der Waals surface area contributed by atoms with Crippen LogP contribution in [0.1, 0.15) is 45.4 Å². The van der Waals surface area contributed by atoms with Gasteiger partial charge >= 0.3 is 0 Å². The Morgan fingerprint density at radius 1 is 1.29 bits per heavy atom. The quantitative estimate of drug-likeness (QED) is 0.681. The van der Waals surface area contributed by atoms with Crippen molar-refractivity contribution < 1.29 is 0 Å². The summed E-state index contributed by atoms with van der Waals surface area (Å²) in [5, 5.41) is 3.68. The first-order valence-electron chi connectivity index (χ1n) is 6.20. The molecule has 0 spiro atoms. The van der Waals surface area contributed by atoms with E-state index in [0.717, 1.165) is 18.4 Å². The van der Waals surface area contributed by atoms with Crippen LogP contribution in [0, 0.1) is 11.8 Å². The molecule has 0 aromatic carbocycles. The smallest absolute Gasteiger partial charge is 0.0303 e. The van der Waals surface area contributed by atoms with E-state index in [9.17, 15) is 0 Å². The summed E-state index contributed by atoms with van der Waals surface area (Å²) >= 11 is 0. The highest BCUT2D eigenvalue weighted by molar-refractivity contribution is 4.98. The SMILES string of the molecule is CC(CN)(NCCC1CCC1)C1CC1. The molecule has 0 saturated heterocycles. The molecule has 0 radical (unpaired) electrons. The van der Waals surface area contributed by atoms with Crippen LogP contribution in [0.3, 0.4) is 0 Å². The van der Waals surface area contributed by atoms with Crippen molar-refractivity contribution in [2.45, 2.75) is 51.0 Å². The molecule has 0 amide bonds. The van der Waals surface area contributed by atoms with Crippen LogP contribution < -0.4 is 11.1 Å². The van der Waals surface area contributed by atoms with E-state index < -0.39 is 0 Å². The summed E-state index contributed by atoms with van der Waals surface area (Å²) in [6, 6.07) is 0. The molecule has 2 rings (SSSR count). The summed E-state index contributed by atoms with van der Waals surface area (Å²) in [4.78, 5) is 0. The summed E-state index contributed by atoms with van der Waals surface area (Å²) in [5.41, 5.74) is 6.09. The molecule has 0 aliphatic heterocycles. The van der Waals surface area contributed by atoms with E-state index in [2.05, 4.69) is 12.2 Å². The van der Waals surface area contributed by atoms with Gasteiger partial charge in [-0.15, -0.1) is 0 Å². The number of nitrogens with one attached hydrogen (secondary N) is 1. The molecular weight excluding hydrogens is 172 g/mol. The van der Waals surface area contributed by atoms with Crippen LogP contribution in [0.2, 0.25) is 0 Å². The van der Waals surface area contributed by atoms with Gasteiger partial charge in [-0.2, -0.15) is 0 Å². The molecule has 0 heterocycles. The molecule has 2 nitrogen and oxygen atoms in total. The van der Waals surface area contributed by atoms with Gasteiger partial charge in [0, 0.05) is 12.1 Å². The number of hydrogen-bond acceptors (Lipinski definition) is 2. The second-order valence-corrected chi connectivity index (χ2v) is 5.41. The molecule has 2 aliphatic rings. The zero-order chi connectivity index (χ0) is 10.0. The van der Waals surface area contributed by atoms with Crippen molar-refractivity contribution in [3.63, 3.8) is 0 Å². The van der Waals surface area contributed by atoms with Crippen molar-refractivity contribution in [1.29, 1.82) is 0 Å². The van der Waals surface area contributed by atoms with Crippen LogP contribution in [0.25, 0.3) is 0 Å². The first-order valence-corrected chi connectivity index (χ1v) is 6.20. The van der Waals surface area contributed by atoms with Crippen molar-refractivity contribution in [1.82, 2.24) is 5.32 Å². The highest BCUT2D eigenvalue weighted by atomic mass is 15.0. The van der Waals surface area contributed by atoms with Crippen molar-refractivity contribution in [3.8, 4) is 0 Å². The van der Waals surface area contributed by atoms with Gasteiger partial charge in [-0.25, -0.2) is 0 Å². The average molecular weight is 196 g/mol. The molecule has 82 valence electrons. The Labute approximate surface area is 87.6 Å². The van der Waals surface area contributed by atoms with Crippen molar-refractivity contribution >= 4 is 0 Å². The standard InChI is InChI=1S/C12H24N2/c1-12(9-13,11-5-6-11)14-8-7-10-3-2-4-10/h10-11,14H,2-9,13H2,1H3. The van der Waals surface area contributed by atoms with E-state index in [0.29, 0.717) is 0 Å². The maximum Gasteiger partial charge on any atom is 0.0303 e. The van der Waals surface area contributed by atoms with Gasteiger partial charge in [0.2, 0.25) is 0 Å². The second-order valence-electron chi connectivity index (χ2n) is 5.41. The van der Waals surface area contributed by atoms with Crippen LogP contribution in [-0.4, -0.2) is 18.6 Å². The van der Waals surface area contributed by atoms with Crippen LogP contribution in [0.4, 0.5) is 0 Å². The fourth-order valence-corrected chi connectivity index (χ4v) is 2.45. The van der Waals surface area contributed by atoms with E-state index in [1.807, 2.05) is 0 Å². The third-order valence-electron chi connectivity index (χ3n) is 4.21. The summed E-state index contributed by atoms with van der Waals surface area (Å²) in [5.74, 6) is 1.87. The van der Waals surface area contributed by atoms with Crippen molar-refractivity contribution in [2.24, 2.45) is 17.6 Å². The molecule has 2 saturated carbocycles. The van der Waals surface area contributed by atoms with Crippen LogP contribution in [0.15, 0.2) is 0 Å². The highest BCUT2D eigenvalue weighted by Gasteiger charge is 2.39. The summed E-state index contributed by atoms with van der Waals surface area (Å²) < 4.78 is 0. The van der Waals surface area contributed by atoms with Crippen LogP contribution in [-0.2, 0) is 0 Å². The van der Waals surface area contributed by atoms with Gasteiger partial charge in [-0.3, -0.25) is 0 Å². The molecule has 0 aromatic rings. The Morgan fingerprint density at radius 2 is 2.00 bits per heavy atom. The Kier molecular flexibility index (Phi) is 3.13. The number of rotatable bonds is 6. The molecule has 3 N–H and O–H groups in total. The molecule has 0 aromatic heterocycles. The first-order chi connectivity index (χ1) is 6.74. The number of hydrogen-bond donors (Lipinski definition) is 2. The maximum absolute atomic E-state index is 5.85. The molecule has 1 unspecified atom stereocenters. The third-order valence-corrected chi connectivity index (χ3v) is 4.21. The maximum atomic E-state index is 5.85. The Bertz CT molecular complexity index is 185. The monoisotopic (exact) mass is 196 g/mol. The van der Waals surface area contributed by atoms with Crippen LogP contribution >= 0.6 is 0 Å². The topological polar surface area (TPSA) is 38.0 Å². The van der Waals surface area contributed by atoms with Gasteiger partial charge in [0.05, 0.1) is 0 Å². The van der Waals surface area contributed by atoms with Gasteiger partial charge in [0.25, 0.3) is 0 Å². The predicted molar refractivity (Wildman–Crippen MR) is 60.1 cm³/mol. The third kappa shape index (κ3) is 2.29. The minimum Gasteiger partial charge on any atom is -0.329 e. The van der Waals surface area contributed by atoms with Gasteiger partial charge in [-0.05, 0) is 44.6 Å². The lowest BCUT2D eigenvalue weighted by molar-refractivity contribution is 0.259. The Hall–Kier alpha value is -0.0800. The van der Waals surface area contributed by atoms with E-state index in [4.69, 9.17) is 5.73 Å². The molecule has 2 heteroatoms. The van der Waals surface area contributed by atoms with Gasteiger partial charge in [-0.1, -0.05) is 19.3 Å². The lowest BCUT2D eigenvalue weighted by Crippen LogP contribution is -2.51. The van der Waals surface area contributed by atoms with Crippen LogP contribution in [0.5, 0.6) is 0 Å². The molecule has 0 bridgehead atoms. The fraction of sp³-hybridized carbons (Fsp3) is 1.00. The summed E-state index contributed by atoms with van der Waals surface area (Å²) in [6.45, 7) is 4.27.